The van der Waals surface area contributed by atoms with Crippen LogP contribution in [0.4, 0.5) is 13.2 Å². The van der Waals surface area contributed by atoms with Crippen LogP contribution in [0, 0.1) is 16.7 Å². The Morgan fingerprint density at radius 2 is 1.77 bits per heavy atom. The number of ether oxygens (including phenoxy) is 1. The van der Waals surface area contributed by atoms with Crippen LogP contribution in [0.1, 0.15) is 46.3 Å². The Bertz CT molecular complexity index is 1280. The van der Waals surface area contributed by atoms with Crippen LogP contribution >= 0.6 is 0 Å². The number of carbonyl (C=O) groups is 2. The van der Waals surface area contributed by atoms with E-state index in [0.717, 1.165) is 12.1 Å². The SMILES string of the molecule is N#Cc1ccc(Oc2ccc(CNC(=O)C3(CC(=O)c4cncnc4)CC3)cc2)c(C(F)(F)F)c1. The number of hydrogen-bond acceptors (Lipinski definition) is 6. The van der Waals surface area contributed by atoms with Crippen LogP contribution in [0.2, 0.25) is 0 Å². The van der Waals surface area contributed by atoms with Crippen molar-refractivity contribution in [3.63, 3.8) is 0 Å². The molecule has 0 bridgehead atoms. The number of alkyl halides is 3. The van der Waals surface area contributed by atoms with E-state index in [1.54, 1.807) is 18.2 Å². The van der Waals surface area contributed by atoms with Gasteiger partial charge in [-0.15, -0.1) is 0 Å². The van der Waals surface area contributed by atoms with Crippen LogP contribution in [-0.4, -0.2) is 21.7 Å². The summed E-state index contributed by atoms with van der Waals surface area (Å²) in [4.78, 5) is 32.8. The molecule has 0 spiro atoms. The number of aromatic nitrogens is 2. The highest BCUT2D eigenvalue weighted by molar-refractivity contribution is 6.00. The Morgan fingerprint density at radius 3 is 2.37 bits per heavy atom. The summed E-state index contributed by atoms with van der Waals surface area (Å²) in [6, 6.07) is 11.0. The normalized spacial score (nSPS) is 14.0. The van der Waals surface area contributed by atoms with Crippen molar-refractivity contribution in [3.05, 3.63) is 83.4 Å². The largest absolute Gasteiger partial charge is 0.457 e. The zero-order valence-corrected chi connectivity index (χ0v) is 18.3. The van der Waals surface area contributed by atoms with Gasteiger partial charge in [-0.1, -0.05) is 12.1 Å². The number of amides is 1. The van der Waals surface area contributed by atoms with E-state index in [4.69, 9.17) is 10.00 Å². The minimum atomic E-state index is -4.68. The van der Waals surface area contributed by atoms with Gasteiger partial charge in [0.2, 0.25) is 5.91 Å². The molecule has 1 aliphatic carbocycles. The molecule has 7 nitrogen and oxygen atoms in total. The third kappa shape index (κ3) is 5.63. The first-order valence-electron chi connectivity index (χ1n) is 10.6. The molecule has 10 heteroatoms. The number of carbonyl (C=O) groups excluding carboxylic acids is 2. The van der Waals surface area contributed by atoms with E-state index >= 15 is 0 Å². The Morgan fingerprint density at radius 1 is 1.09 bits per heavy atom. The van der Waals surface area contributed by atoms with Crippen molar-refractivity contribution in [1.29, 1.82) is 5.26 Å². The smallest absolute Gasteiger partial charge is 0.420 e. The summed E-state index contributed by atoms with van der Waals surface area (Å²) >= 11 is 0. The molecule has 1 saturated carbocycles. The molecule has 4 rings (SSSR count). The molecule has 1 heterocycles. The Labute approximate surface area is 198 Å². The Kier molecular flexibility index (Phi) is 6.51. The fraction of sp³-hybridized carbons (Fsp3) is 0.240. The van der Waals surface area contributed by atoms with E-state index in [1.807, 2.05) is 0 Å². The first-order valence-corrected chi connectivity index (χ1v) is 10.6. The summed E-state index contributed by atoms with van der Waals surface area (Å²) < 4.78 is 45.4. The van der Waals surface area contributed by atoms with E-state index in [-0.39, 0.29) is 36.0 Å². The quantitative estimate of drug-likeness (QED) is 0.463. The lowest BCUT2D eigenvalue weighted by Crippen LogP contribution is -2.33. The summed E-state index contributed by atoms with van der Waals surface area (Å²) in [5.74, 6) is -0.664. The fourth-order valence-electron chi connectivity index (χ4n) is 3.57. The zero-order valence-electron chi connectivity index (χ0n) is 18.3. The number of nitrogens with one attached hydrogen (secondary N) is 1. The molecule has 2 aromatic carbocycles. The van der Waals surface area contributed by atoms with Gasteiger partial charge in [0.05, 0.1) is 28.2 Å². The highest BCUT2D eigenvalue weighted by Crippen LogP contribution is 2.49. The number of Topliss-reactive ketones (excluding diaryl/α,β-unsaturated/α-hetero) is 1. The fourth-order valence-corrected chi connectivity index (χ4v) is 3.57. The maximum atomic E-state index is 13.3. The third-order valence-corrected chi connectivity index (χ3v) is 5.74. The standard InChI is InChI=1S/C25H19F3N4O3/c26-25(27,28)20-9-17(11-29)3-6-22(20)35-19-4-1-16(2-5-19)12-32-23(34)24(7-8-24)10-21(33)18-13-30-15-31-14-18/h1-6,9,13-15H,7-8,10,12H2,(H,32,34). The Balaban J connectivity index is 1.36. The minimum Gasteiger partial charge on any atom is -0.457 e. The van der Waals surface area contributed by atoms with Gasteiger partial charge in [0.25, 0.3) is 0 Å². The molecular formula is C25H19F3N4O3. The van der Waals surface area contributed by atoms with Crippen molar-refractivity contribution in [2.45, 2.75) is 32.0 Å². The predicted molar refractivity (Wildman–Crippen MR) is 117 cm³/mol. The number of ketones is 1. The van der Waals surface area contributed by atoms with Gasteiger partial charge in [0.1, 0.15) is 17.8 Å². The van der Waals surface area contributed by atoms with Gasteiger partial charge < -0.3 is 10.1 Å². The van der Waals surface area contributed by atoms with Gasteiger partial charge >= 0.3 is 6.18 Å². The minimum absolute atomic E-state index is 0.0745. The summed E-state index contributed by atoms with van der Waals surface area (Å²) in [6.07, 6.45) is 0.775. The maximum Gasteiger partial charge on any atom is 0.420 e. The van der Waals surface area contributed by atoms with E-state index in [1.165, 1.54) is 36.9 Å². The van der Waals surface area contributed by atoms with E-state index in [9.17, 15) is 22.8 Å². The third-order valence-electron chi connectivity index (χ3n) is 5.74. The van der Waals surface area contributed by atoms with Gasteiger partial charge in [-0.3, -0.25) is 9.59 Å². The zero-order chi connectivity index (χ0) is 25.1. The lowest BCUT2D eigenvalue weighted by Gasteiger charge is -2.15. The average Bonchev–Trinajstić information content (AvgIpc) is 3.64. The predicted octanol–water partition coefficient (Wildman–Crippen LogP) is 4.83. The molecule has 0 aliphatic heterocycles. The molecule has 35 heavy (non-hydrogen) atoms. The van der Waals surface area contributed by atoms with E-state index in [0.29, 0.717) is 24.0 Å². The summed E-state index contributed by atoms with van der Waals surface area (Å²) in [7, 11) is 0. The van der Waals surface area contributed by atoms with Crippen molar-refractivity contribution in [1.82, 2.24) is 15.3 Å². The molecule has 1 fully saturated rings. The first-order chi connectivity index (χ1) is 16.7. The van der Waals surface area contributed by atoms with Crippen LogP contribution in [0.15, 0.2) is 61.2 Å². The second-order valence-corrected chi connectivity index (χ2v) is 8.26. The molecule has 0 unspecified atom stereocenters. The van der Waals surface area contributed by atoms with E-state index < -0.39 is 22.9 Å². The van der Waals surface area contributed by atoms with E-state index in [2.05, 4.69) is 15.3 Å². The Hall–Kier alpha value is -4.26. The molecule has 178 valence electrons. The van der Waals surface area contributed by atoms with Gasteiger partial charge in [-0.25, -0.2) is 9.97 Å². The molecule has 1 amide bonds. The van der Waals surface area contributed by atoms with Crippen LogP contribution in [0.5, 0.6) is 11.5 Å². The van der Waals surface area contributed by atoms with Gasteiger partial charge in [0, 0.05) is 25.4 Å². The topological polar surface area (TPSA) is 105 Å². The van der Waals surface area contributed by atoms with Crippen molar-refractivity contribution in [3.8, 4) is 17.6 Å². The average molecular weight is 480 g/mol. The molecule has 3 aromatic rings. The van der Waals surface area contributed by atoms with Crippen LogP contribution < -0.4 is 10.1 Å². The monoisotopic (exact) mass is 480 g/mol. The number of halogens is 3. The highest BCUT2D eigenvalue weighted by atomic mass is 19.4. The number of nitrogens with zero attached hydrogens (tertiary/aromatic N) is 3. The number of rotatable bonds is 8. The lowest BCUT2D eigenvalue weighted by atomic mass is 9.95. The number of benzene rings is 2. The van der Waals surface area contributed by atoms with Crippen LogP contribution in [0.25, 0.3) is 0 Å². The molecule has 1 aliphatic rings. The molecule has 0 radical (unpaired) electrons. The number of nitriles is 1. The summed E-state index contributed by atoms with van der Waals surface area (Å²) in [6.45, 7) is 0.189. The molecule has 0 saturated heterocycles. The van der Waals surface area contributed by atoms with Gasteiger partial charge in [0.15, 0.2) is 5.78 Å². The first kappa shape index (κ1) is 23.9. The second-order valence-electron chi connectivity index (χ2n) is 8.26. The van der Waals surface area contributed by atoms with Crippen molar-refractivity contribution in [2.75, 3.05) is 0 Å². The van der Waals surface area contributed by atoms with Gasteiger partial charge in [-0.2, -0.15) is 18.4 Å². The molecule has 1 N–H and O–H groups in total. The van der Waals surface area contributed by atoms with Crippen molar-refractivity contribution < 1.29 is 27.5 Å². The van der Waals surface area contributed by atoms with Crippen LogP contribution in [0.3, 0.4) is 0 Å². The summed E-state index contributed by atoms with van der Waals surface area (Å²) in [5.41, 5.74) is -0.833. The maximum absolute atomic E-state index is 13.3. The molecule has 1 aromatic heterocycles. The number of hydrogen-bond donors (Lipinski definition) is 1. The summed E-state index contributed by atoms with van der Waals surface area (Å²) in [5, 5.41) is 11.7. The molecular weight excluding hydrogens is 461 g/mol. The molecule has 0 atom stereocenters. The van der Waals surface area contributed by atoms with Crippen molar-refractivity contribution >= 4 is 11.7 Å². The van der Waals surface area contributed by atoms with Crippen LogP contribution in [-0.2, 0) is 17.5 Å². The van der Waals surface area contributed by atoms with Gasteiger partial charge in [-0.05, 0) is 48.7 Å². The highest BCUT2D eigenvalue weighted by Gasteiger charge is 2.51. The lowest BCUT2D eigenvalue weighted by molar-refractivity contribution is -0.138. The second kappa shape index (κ2) is 9.54. The van der Waals surface area contributed by atoms with Crippen molar-refractivity contribution in [2.24, 2.45) is 5.41 Å².